The van der Waals surface area contributed by atoms with E-state index in [2.05, 4.69) is 48.4 Å². The number of nitrogens with zero attached hydrogens (tertiary/aromatic N) is 5. The van der Waals surface area contributed by atoms with E-state index in [1.165, 1.54) is 49.4 Å². The van der Waals surface area contributed by atoms with Gasteiger partial charge < -0.3 is 11.1 Å². The second-order valence-corrected chi connectivity index (χ2v) is 8.55. The number of nitrogens with one attached hydrogen (secondary N) is 2. The normalized spacial score (nSPS) is 14.3. The molecule has 0 unspecified atom stereocenters. The smallest absolute Gasteiger partial charge is 0.232 e. The first-order valence-corrected chi connectivity index (χ1v) is 11.6. The average Bonchev–Trinajstić information content (AvgIpc) is 3.43. The first kappa shape index (κ1) is 20.6. The summed E-state index contributed by atoms with van der Waals surface area (Å²) in [4.78, 5) is 17.6. The third-order valence-electron chi connectivity index (χ3n) is 5.45. The Kier molecular flexibility index (Phi) is 6.78. The van der Waals surface area contributed by atoms with Crippen LogP contribution in [0, 0.1) is 5.92 Å². The Balaban J connectivity index is 1.35. The van der Waals surface area contributed by atoms with Gasteiger partial charge in [-0.2, -0.15) is 15.0 Å². The van der Waals surface area contributed by atoms with Gasteiger partial charge in [0.2, 0.25) is 17.1 Å². The van der Waals surface area contributed by atoms with Gasteiger partial charge in [0.05, 0.1) is 5.75 Å². The number of nitrogens with two attached hydrogens (primary N) is 1. The van der Waals surface area contributed by atoms with Crippen LogP contribution in [0.4, 0.5) is 17.6 Å². The highest BCUT2D eigenvalue weighted by molar-refractivity contribution is 7.98. The van der Waals surface area contributed by atoms with Crippen molar-refractivity contribution in [3.8, 4) is 0 Å². The first-order valence-electron chi connectivity index (χ1n) is 10.6. The van der Waals surface area contributed by atoms with Crippen molar-refractivity contribution in [1.82, 2.24) is 30.1 Å². The summed E-state index contributed by atoms with van der Waals surface area (Å²) in [6.07, 6.45) is 8.53. The Morgan fingerprint density at radius 3 is 2.80 bits per heavy atom. The molecule has 0 atom stereocenters. The molecule has 1 fully saturated rings. The number of aromatic amines is 1. The van der Waals surface area contributed by atoms with Crippen LogP contribution in [-0.2, 0) is 18.6 Å². The number of aromatic nitrogens is 6. The lowest BCUT2D eigenvalue weighted by Gasteiger charge is -2.10. The van der Waals surface area contributed by atoms with Gasteiger partial charge in [0.15, 0.2) is 0 Å². The van der Waals surface area contributed by atoms with Crippen molar-refractivity contribution in [1.29, 1.82) is 0 Å². The lowest BCUT2D eigenvalue weighted by atomic mass is 10.0. The van der Waals surface area contributed by atoms with Crippen LogP contribution in [0.5, 0.6) is 0 Å². The number of anilines is 3. The molecule has 4 rings (SSSR count). The number of aryl methyl sites for hydroxylation is 2. The Labute approximate surface area is 180 Å². The van der Waals surface area contributed by atoms with E-state index in [1.807, 2.05) is 18.2 Å². The van der Waals surface area contributed by atoms with E-state index in [-0.39, 0.29) is 5.95 Å². The number of H-pyrrole nitrogens is 1. The van der Waals surface area contributed by atoms with Gasteiger partial charge in [0, 0.05) is 12.1 Å². The van der Waals surface area contributed by atoms with Gasteiger partial charge in [-0.3, -0.25) is 5.10 Å². The van der Waals surface area contributed by atoms with Crippen LogP contribution < -0.4 is 11.1 Å². The van der Waals surface area contributed by atoms with Crippen molar-refractivity contribution in [2.45, 2.75) is 62.8 Å². The zero-order valence-corrected chi connectivity index (χ0v) is 18.1. The van der Waals surface area contributed by atoms with Gasteiger partial charge >= 0.3 is 0 Å². The second kappa shape index (κ2) is 9.88. The standard InChI is InChI=1S/C21H28N8S/c1-2-15-9-5-6-10-16(15)23-20-25-18(24-19(22)27-20)13-30-21-26-17(28-29-21)12-11-14-7-3-4-8-14/h5-6,9-10,14H,2-4,7-8,11-13H2,1H3,(H,26,28,29)(H3,22,23,24,25,27). The Bertz CT molecular complexity index is 967. The summed E-state index contributed by atoms with van der Waals surface area (Å²) in [5.74, 6) is 3.58. The van der Waals surface area contributed by atoms with Gasteiger partial charge in [-0.05, 0) is 30.4 Å². The third-order valence-corrected chi connectivity index (χ3v) is 6.29. The molecule has 0 amide bonds. The molecule has 4 N–H and O–H groups in total. The van der Waals surface area contributed by atoms with E-state index in [0.717, 1.165) is 30.3 Å². The highest BCUT2D eigenvalue weighted by Gasteiger charge is 2.16. The summed E-state index contributed by atoms with van der Waals surface area (Å²) in [5.41, 5.74) is 8.08. The molecule has 0 bridgehead atoms. The van der Waals surface area contributed by atoms with E-state index < -0.39 is 0 Å². The minimum absolute atomic E-state index is 0.198. The zero-order valence-electron chi connectivity index (χ0n) is 17.3. The summed E-state index contributed by atoms with van der Waals surface area (Å²) < 4.78 is 0. The second-order valence-electron chi connectivity index (χ2n) is 7.61. The van der Waals surface area contributed by atoms with Crippen LogP contribution in [0.3, 0.4) is 0 Å². The minimum atomic E-state index is 0.198. The topological polar surface area (TPSA) is 118 Å². The Morgan fingerprint density at radius 2 is 1.97 bits per heavy atom. The van der Waals surface area contributed by atoms with E-state index >= 15 is 0 Å². The molecule has 2 heterocycles. The monoisotopic (exact) mass is 424 g/mol. The van der Waals surface area contributed by atoms with Crippen LogP contribution in [0.25, 0.3) is 0 Å². The third kappa shape index (κ3) is 5.47. The molecule has 0 spiro atoms. The highest BCUT2D eigenvalue weighted by Crippen LogP contribution is 2.28. The molecule has 0 radical (unpaired) electrons. The highest BCUT2D eigenvalue weighted by atomic mass is 32.2. The molecule has 8 nitrogen and oxygen atoms in total. The van der Waals surface area contributed by atoms with E-state index in [1.54, 1.807) is 0 Å². The fourth-order valence-electron chi connectivity index (χ4n) is 3.85. The number of rotatable bonds is 9. The quantitative estimate of drug-likeness (QED) is 0.435. The molecule has 1 saturated carbocycles. The van der Waals surface area contributed by atoms with Crippen LogP contribution in [-0.4, -0.2) is 30.1 Å². The van der Waals surface area contributed by atoms with Crippen molar-refractivity contribution in [3.63, 3.8) is 0 Å². The Hall–Kier alpha value is -2.68. The molecule has 1 aliphatic carbocycles. The van der Waals surface area contributed by atoms with Gasteiger partial charge in [-0.1, -0.05) is 62.6 Å². The largest absolute Gasteiger partial charge is 0.368 e. The molecule has 9 heteroatoms. The first-order chi connectivity index (χ1) is 14.7. The zero-order chi connectivity index (χ0) is 20.8. The van der Waals surface area contributed by atoms with Crippen molar-refractivity contribution in [3.05, 3.63) is 41.5 Å². The number of hydrogen-bond donors (Lipinski definition) is 3. The molecule has 1 aromatic carbocycles. The number of hydrogen-bond acceptors (Lipinski definition) is 8. The minimum Gasteiger partial charge on any atom is -0.368 e. The van der Waals surface area contributed by atoms with Crippen molar-refractivity contribution >= 4 is 29.3 Å². The summed E-state index contributed by atoms with van der Waals surface area (Å²) in [6.45, 7) is 2.11. The van der Waals surface area contributed by atoms with Crippen LogP contribution >= 0.6 is 11.8 Å². The van der Waals surface area contributed by atoms with Gasteiger partial charge in [-0.15, -0.1) is 5.10 Å². The molecule has 3 aromatic rings. The summed E-state index contributed by atoms with van der Waals surface area (Å²) >= 11 is 1.49. The van der Waals surface area contributed by atoms with E-state index in [4.69, 9.17) is 5.73 Å². The Morgan fingerprint density at radius 1 is 1.13 bits per heavy atom. The molecular formula is C21H28N8S. The van der Waals surface area contributed by atoms with E-state index in [0.29, 0.717) is 22.7 Å². The molecule has 0 aliphatic heterocycles. The number of para-hydroxylation sites is 1. The molecule has 1 aliphatic rings. The molecule has 2 aromatic heterocycles. The number of thioether (sulfide) groups is 1. The fourth-order valence-corrected chi connectivity index (χ4v) is 4.52. The SMILES string of the molecule is CCc1ccccc1Nc1nc(N)nc(CSc2n[nH]c(CCC3CCCC3)n2)n1. The lowest BCUT2D eigenvalue weighted by Crippen LogP contribution is -2.07. The van der Waals surface area contributed by atoms with Gasteiger partial charge in [-0.25, -0.2) is 4.98 Å². The fraction of sp³-hybridized carbons (Fsp3) is 0.476. The molecule has 158 valence electrons. The summed E-state index contributed by atoms with van der Waals surface area (Å²) in [7, 11) is 0. The number of nitrogen functional groups attached to an aromatic ring is 1. The van der Waals surface area contributed by atoms with Crippen LogP contribution in [0.2, 0.25) is 0 Å². The summed E-state index contributed by atoms with van der Waals surface area (Å²) in [6, 6.07) is 8.09. The predicted molar refractivity (Wildman–Crippen MR) is 120 cm³/mol. The van der Waals surface area contributed by atoms with E-state index in [9.17, 15) is 0 Å². The maximum absolute atomic E-state index is 5.91. The van der Waals surface area contributed by atoms with Crippen molar-refractivity contribution < 1.29 is 0 Å². The predicted octanol–water partition coefficient (Wildman–Crippen LogP) is 4.29. The summed E-state index contributed by atoms with van der Waals surface area (Å²) in [5, 5.41) is 11.4. The van der Waals surface area contributed by atoms with Crippen LogP contribution in [0.1, 0.15) is 56.2 Å². The van der Waals surface area contributed by atoms with Crippen molar-refractivity contribution in [2.75, 3.05) is 11.1 Å². The number of benzene rings is 1. The van der Waals surface area contributed by atoms with Crippen LogP contribution in [0.15, 0.2) is 29.4 Å². The average molecular weight is 425 g/mol. The molecular weight excluding hydrogens is 396 g/mol. The molecule has 30 heavy (non-hydrogen) atoms. The van der Waals surface area contributed by atoms with Crippen molar-refractivity contribution in [2.24, 2.45) is 5.92 Å². The molecule has 0 saturated heterocycles. The van der Waals surface area contributed by atoms with Gasteiger partial charge in [0.1, 0.15) is 11.6 Å². The lowest BCUT2D eigenvalue weighted by molar-refractivity contribution is 0.497. The maximum atomic E-state index is 5.91. The van der Waals surface area contributed by atoms with Gasteiger partial charge in [0.25, 0.3) is 0 Å². The maximum Gasteiger partial charge on any atom is 0.232 e.